The first-order chi connectivity index (χ1) is 13.1. The van der Waals surface area contributed by atoms with Gasteiger partial charge in [0.25, 0.3) is 5.91 Å². The summed E-state index contributed by atoms with van der Waals surface area (Å²) in [6, 6.07) is 7.92. The fourth-order valence-electron chi connectivity index (χ4n) is 3.69. The number of aromatic nitrogens is 1. The second-order valence-electron chi connectivity index (χ2n) is 7.01. The van der Waals surface area contributed by atoms with Gasteiger partial charge in [-0.2, -0.15) is 0 Å². The molecule has 3 aliphatic heterocycles. The topological polar surface area (TPSA) is 74.3 Å². The zero-order valence-electron chi connectivity index (χ0n) is 15.1. The number of benzene rings is 1. The fourth-order valence-corrected chi connectivity index (χ4v) is 5.58. The number of fused-ring (bicyclic) bond motifs is 3. The number of nitrogens with zero attached hydrogens (tertiary/aromatic N) is 2. The number of nitrogens with one attached hydrogen (secondary N) is 2. The van der Waals surface area contributed by atoms with Crippen LogP contribution in [0.2, 0.25) is 0 Å². The molecule has 3 saturated heterocycles. The van der Waals surface area contributed by atoms with E-state index in [2.05, 4.69) is 20.5 Å². The summed E-state index contributed by atoms with van der Waals surface area (Å²) in [4.78, 5) is 31.3. The lowest BCUT2D eigenvalue weighted by molar-refractivity contribution is -0.114. The summed E-state index contributed by atoms with van der Waals surface area (Å²) in [5.74, 6) is 0.508. The summed E-state index contributed by atoms with van der Waals surface area (Å²) in [6.45, 7) is 4.79. The number of anilines is 1. The van der Waals surface area contributed by atoms with Crippen LogP contribution in [0.25, 0.3) is 0 Å². The lowest BCUT2D eigenvalue weighted by Crippen LogP contribution is -2.57. The molecule has 0 radical (unpaired) electrons. The van der Waals surface area contributed by atoms with Gasteiger partial charge in [-0.1, -0.05) is 23.1 Å². The van der Waals surface area contributed by atoms with E-state index in [4.69, 9.17) is 0 Å². The Morgan fingerprint density at radius 1 is 1.22 bits per heavy atom. The molecule has 0 saturated carbocycles. The first-order valence-electron chi connectivity index (χ1n) is 9.11. The number of amides is 2. The van der Waals surface area contributed by atoms with Crippen LogP contribution in [0.3, 0.4) is 0 Å². The quantitative estimate of drug-likeness (QED) is 0.804. The molecule has 1 aromatic heterocycles. The zero-order valence-corrected chi connectivity index (χ0v) is 16.7. The van der Waals surface area contributed by atoms with Gasteiger partial charge in [0.1, 0.15) is 0 Å². The Morgan fingerprint density at radius 3 is 2.59 bits per heavy atom. The van der Waals surface area contributed by atoms with Crippen LogP contribution >= 0.6 is 23.1 Å². The van der Waals surface area contributed by atoms with E-state index in [1.54, 1.807) is 18.0 Å². The second-order valence-corrected chi connectivity index (χ2v) is 9.41. The van der Waals surface area contributed by atoms with Crippen LogP contribution in [0.1, 0.15) is 30.1 Å². The van der Waals surface area contributed by atoms with Crippen LogP contribution in [-0.4, -0.2) is 47.4 Å². The minimum atomic E-state index is -0.126. The van der Waals surface area contributed by atoms with Crippen molar-refractivity contribution < 1.29 is 9.59 Å². The monoisotopic (exact) mass is 402 g/mol. The van der Waals surface area contributed by atoms with Crippen molar-refractivity contribution in [2.75, 3.05) is 25.0 Å². The van der Waals surface area contributed by atoms with Crippen molar-refractivity contribution in [1.29, 1.82) is 0 Å². The van der Waals surface area contributed by atoms with Crippen molar-refractivity contribution in [3.63, 3.8) is 0 Å². The van der Waals surface area contributed by atoms with Gasteiger partial charge in [-0.15, -0.1) is 0 Å². The average molecular weight is 403 g/mol. The summed E-state index contributed by atoms with van der Waals surface area (Å²) in [6.07, 6.45) is 4.13. The SMILES string of the molecule is CC(=O)Nc1ncc(Sc2ccc(C(=O)N[C@H]3CN4CCC3CC4)cc2)s1. The summed E-state index contributed by atoms with van der Waals surface area (Å²) in [7, 11) is 0. The van der Waals surface area contributed by atoms with Crippen molar-refractivity contribution in [3.05, 3.63) is 36.0 Å². The molecule has 8 heteroatoms. The average Bonchev–Trinajstić information content (AvgIpc) is 3.09. The number of hydrogen-bond acceptors (Lipinski definition) is 6. The molecule has 0 aliphatic carbocycles. The lowest BCUT2D eigenvalue weighted by atomic mass is 9.84. The van der Waals surface area contributed by atoms with E-state index < -0.39 is 0 Å². The van der Waals surface area contributed by atoms with E-state index in [-0.39, 0.29) is 17.9 Å². The Kier molecular flexibility index (Phi) is 5.47. The van der Waals surface area contributed by atoms with Crippen LogP contribution in [0.5, 0.6) is 0 Å². The van der Waals surface area contributed by atoms with E-state index in [0.29, 0.717) is 16.6 Å². The molecule has 1 aromatic carbocycles. The molecule has 3 aliphatic rings. The van der Waals surface area contributed by atoms with Gasteiger partial charge in [-0.3, -0.25) is 9.59 Å². The molecule has 27 heavy (non-hydrogen) atoms. The van der Waals surface area contributed by atoms with Gasteiger partial charge in [0.15, 0.2) is 5.13 Å². The molecule has 5 rings (SSSR count). The van der Waals surface area contributed by atoms with Gasteiger partial charge in [0.2, 0.25) is 5.91 Å². The molecular weight excluding hydrogens is 380 g/mol. The van der Waals surface area contributed by atoms with Crippen molar-refractivity contribution in [2.45, 2.75) is 34.9 Å². The van der Waals surface area contributed by atoms with E-state index in [1.165, 1.54) is 44.2 Å². The number of hydrogen-bond donors (Lipinski definition) is 2. The molecule has 2 aromatic rings. The van der Waals surface area contributed by atoms with Gasteiger partial charge in [-0.05, 0) is 56.1 Å². The highest BCUT2D eigenvalue weighted by Crippen LogP contribution is 2.34. The zero-order chi connectivity index (χ0) is 18.8. The number of piperidine rings is 3. The molecule has 3 fully saturated rings. The Morgan fingerprint density at radius 2 is 1.96 bits per heavy atom. The maximum absolute atomic E-state index is 12.6. The fraction of sp³-hybridized carbons (Fsp3) is 0.421. The molecule has 0 unspecified atom stereocenters. The minimum Gasteiger partial charge on any atom is -0.348 e. The first kappa shape index (κ1) is 18.5. The van der Waals surface area contributed by atoms with Gasteiger partial charge in [0, 0.05) is 30.0 Å². The van der Waals surface area contributed by atoms with Crippen LogP contribution < -0.4 is 10.6 Å². The van der Waals surface area contributed by atoms with E-state index in [0.717, 1.165) is 15.6 Å². The molecule has 142 valence electrons. The number of carbonyl (C=O) groups excluding carboxylic acids is 2. The number of rotatable bonds is 5. The van der Waals surface area contributed by atoms with Crippen molar-refractivity contribution in [3.8, 4) is 0 Å². The first-order valence-corrected chi connectivity index (χ1v) is 10.7. The third-order valence-corrected chi connectivity index (χ3v) is 7.10. The number of thiazole rings is 1. The Bertz CT molecular complexity index is 828. The highest BCUT2D eigenvalue weighted by molar-refractivity contribution is 8.01. The molecular formula is C19H22N4O2S2. The molecule has 6 nitrogen and oxygen atoms in total. The molecule has 0 spiro atoms. The highest BCUT2D eigenvalue weighted by atomic mass is 32.2. The maximum atomic E-state index is 12.6. The predicted molar refractivity (Wildman–Crippen MR) is 107 cm³/mol. The molecule has 4 heterocycles. The summed E-state index contributed by atoms with van der Waals surface area (Å²) < 4.78 is 0.989. The van der Waals surface area contributed by atoms with E-state index in [9.17, 15) is 9.59 Å². The largest absolute Gasteiger partial charge is 0.348 e. The lowest BCUT2D eigenvalue weighted by Gasteiger charge is -2.44. The smallest absolute Gasteiger partial charge is 0.251 e. The van der Waals surface area contributed by atoms with Crippen LogP contribution in [0.15, 0.2) is 39.6 Å². The number of carbonyl (C=O) groups is 2. The normalized spacial score (nSPS) is 23.8. The van der Waals surface area contributed by atoms with Crippen LogP contribution in [-0.2, 0) is 4.79 Å². The van der Waals surface area contributed by atoms with E-state index in [1.807, 2.05) is 24.3 Å². The standard InChI is InChI=1S/C19H22N4O2S2/c1-12(24)21-19-20-10-17(27-19)26-15-4-2-14(3-5-15)18(25)22-16-11-23-8-6-13(16)7-9-23/h2-5,10,13,16H,6-9,11H2,1H3,(H,22,25)(H,20,21,24)/t16-/m0/s1. The third-order valence-electron chi connectivity index (χ3n) is 5.08. The van der Waals surface area contributed by atoms with Gasteiger partial charge < -0.3 is 15.5 Å². The summed E-state index contributed by atoms with van der Waals surface area (Å²) in [5, 5.41) is 6.50. The van der Waals surface area contributed by atoms with Gasteiger partial charge >= 0.3 is 0 Å². The summed E-state index contributed by atoms with van der Waals surface area (Å²) in [5.41, 5.74) is 0.694. The molecule has 2 bridgehead atoms. The third kappa shape index (κ3) is 4.51. The van der Waals surface area contributed by atoms with Gasteiger partial charge in [-0.25, -0.2) is 4.98 Å². The second kappa shape index (κ2) is 8.00. The molecule has 2 amide bonds. The summed E-state index contributed by atoms with van der Waals surface area (Å²) >= 11 is 3.00. The highest BCUT2D eigenvalue weighted by Gasteiger charge is 2.34. The minimum absolute atomic E-state index is 0.0102. The molecule has 2 N–H and O–H groups in total. The Hall–Kier alpha value is -1.90. The van der Waals surface area contributed by atoms with Crippen molar-refractivity contribution in [1.82, 2.24) is 15.2 Å². The predicted octanol–water partition coefficient (Wildman–Crippen LogP) is 3.08. The van der Waals surface area contributed by atoms with Gasteiger partial charge in [0.05, 0.1) is 10.4 Å². The van der Waals surface area contributed by atoms with Crippen molar-refractivity contribution >= 4 is 40.0 Å². The molecule has 1 atom stereocenters. The van der Waals surface area contributed by atoms with Crippen molar-refractivity contribution in [2.24, 2.45) is 5.92 Å². The Balaban J connectivity index is 1.35. The van der Waals surface area contributed by atoms with Crippen LogP contribution in [0.4, 0.5) is 5.13 Å². The van der Waals surface area contributed by atoms with Crippen LogP contribution in [0, 0.1) is 5.92 Å². The Labute approximate surface area is 166 Å². The van der Waals surface area contributed by atoms with E-state index >= 15 is 0 Å². The maximum Gasteiger partial charge on any atom is 0.251 e.